The van der Waals surface area contributed by atoms with Crippen molar-refractivity contribution < 1.29 is 14.6 Å². The van der Waals surface area contributed by atoms with Gasteiger partial charge < -0.3 is 9.84 Å². The van der Waals surface area contributed by atoms with Crippen molar-refractivity contribution in [1.29, 1.82) is 0 Å². The maximum absolute atomic E-state index is 10.7. The van der Waals surface area contributed by atoms with Crippen LogP contribution in [-0.2, 0) is 17.6 Å². The van der Waals surface area contributed by atoms with Gasteiger partial charge in [0, 0.05) is 0 Å². The Morgan fingerprint density at radius 1 is 1.38 bits per heavy atom. The van der Waals surface area contributed by atoms with E-state index in [0.29, 0.717) is 0 Å². The molecule has 3 heteroatoms. The summed E-state index contributed by atoms with van der Waals surface area (Å²) in [5.74, 6) is -0.180. The number of benzene rings is 1. The average molecular weight is 220 g/mol. The molecule has 1 aromatic rings. The minimum atomic E-state index is -0.923. The molecule has 1 N–H and O–H groups in total. The number of aryl methyl sites for hydroxylation is 1. The van der Waals surface area contributed by atoms with E-state index in [2.05, 4.69) is 6.07 Å². The van der Waals surface area contributed by atoms with Gasteiger partial charge in [-0.1, -0.05) is 12.1 Å². The van der Waals surface area contributed by atoms with Crippen molar-refractivity contribution >= 4 is 5.97 Å². The zero-order chi connectivity index (χ0) is 11.5. The van der Waals surface area contributed by atoms with Crippen LogP contribution in [0.3, 0.4) is 0 Å². The molecule has 0 unspecified atom stereocenters. The second-order valence-electron chi connectivity index (χ2n) is 4.20. The van der Waals surface area contributed by atoms with Crippen LogP contribution in [0, 0.1) is 0 Å². The van der Waals surface area contributed by atoms with Crippen LogP contribution >= 0.6 is 0 Å². The van der Waals surface area contributed by atoms with Gasteiger partial charge >= 0.3 is 5.97 Å². The first-order chi connectivity index (χ1) is 7.68. The van der Waals surface area contributed by atoms with Crippen molar-refractivity contribution in [3.8, 4) is 5.75 Å². The molecule has 0 bridgehead atoms. The van der Waals surface area contributed by atoms with E-state index in [9.17, 15) is 4.79 Å². The van der Waals surface area contributed by atoms with Gasteiger partial charge in [-0.25, -0.2) is 4.79 Å². The van der Waals surface area contributed by atoms with Crippen LogP contribution in [-0.4, -0.2) is 17.2 Å². The number of rotatable bonds is 3. The Bertz CT molecular complexity index is 398. The van der Waals surface area contributed by atoms with Crippen LogP contribution in [0.1, 0.15) is 30.9 Å². The molecule has 0 amide bonds. The first-order valence-electron chi connectivity index (χ1n) is 5.68. The van der Waals surface area contributed by atoms with E-state index in [4.69, 9.17) is 9.84 Å². The fourth-order valence-electron chi connectivity index (χ4n) is 2.10. The molecule has 86 valence electrons. The number of hydrogen-bond donors (Lipinski definition) is 1. The van der Waals surface area contributed by atoms with Gasteiger partial charge in [0.1, 0.15) is 5.75 Å². The topological polar surface area (TPSA) is 46.5 Å². The number of carboxylic acid groups (broad SMARTS) is 1. The molecule has 0 saturated carbocycles. The van der Waals surface area contributed by atoms with Gasteiger partial charge in [-0.3, -0.25) is 0 Å². The Balaban J connectivity index is 2.24. The molecule has 0 heterocycles. The van der Waals surface area contributed by atoms with Crippen LogP contribution in [0.15, 0.2) is 18.2 Å². The van der Waals surface area contributed by atoms with E-state index in [-0.39, 0.29) is 0 Å². The molecule has 1 aromatic carbocycles. The summed E-state index contributed by atoms with van der Waals surface area (Å²) in [6.45, 7) is 1.56. The van der Waals surface area contributed by atoms with Gasteiger partial charge in [0.15, 0.2) is 6.10 Å². The minimum absolute atomic E-state index is 0.743. The Hall–Kier alpha value is -1.51. The van der Waals surface area contributed by atoms with Gasteiger partial charge in [0.05, 0.1) is 0 Å². The SMILES string of the molecule is C[C@@H](Oc1cccc2c1CCCC2)C(=O)O. The predicted octanol–water partition coefficient (Wildman–Crippen LogP) is 2.42. The van der Waals surface area contributed by atoms with Gasteiger partial charge in [0.2, 0.25) is 0 Å². The van der Waals surface area contributed by atoms with Gasteiger partial charge in [-0.2, -0.15) is 0 Å². The lowest BCUT2D eigenvalue weighted by Gasteiger charge is -2.20. The van der Waals surface area contributed by atoms with Gasteiger partial charge in [-0.05, 0) is 49.8 Å². The van der Waals surface area contributed by atoms with Crippen LogP contribution < -0.4 is 4.74 Å². The molecule has 1 aliphatic rings. The molecule has 0 aromatic heterocycles. The van der Waals surface area contributed by atoms with E-state index in [1.165, 1.54) is 17.5 Å². The Labute approximate surface area is 95.0 Å². The largest absolute Gasteiger partial charge is 0.479 e. The Morgan fingerprint density at radius 2 is 2.12 bits per heavy atom. The molecular weight excluding hydrogens is 204 g/mol. The molecule has 0 spiro atoms. The van der Waals surface area contributed by atoms with Crippen molar-refractivity contribution in [2.75, 3.05) is 0 Å². The molecule has 1 atom stereocenters. The maximum atomic E-state index is 10.7. The van der Waals surface area contributed by atoms with Crippen molar-refractivity contribution in [1.82, 2.24) is 0 Å². The first-order valence-corrected chi connectivity index (χ1v) is 5.68. The molecule has 1 aliphatic carbocycles. The molecule has 3 nitrogen and oxygen atoms in total. The number of aliphatic carboxylic acids is 1. The maximum Gasteiger partial charge on any atom is 0.344 e. The smallest absolute Gasteiger partial charge is 0.344 e. The summed E-state index contributed by atoms with van der Waals surface area (Å²) in [4.78, 5) is 10.7. The van der Waals surface area contributed by atoms with Crippen molar-refractivity contribution in [3.05, 3.63) is 29.3 Å². The standard InChI is InChI=1S/C13H16O3/c1-9(13(14)15)16-12-8-4-6-10-5-2-3-7-11(10)12/h4,6,8-9H,2-3,5,7H2,1H3,(H,14,15)/t9-/m1/s1. The van der Waals surface area contributed by atoms with Crippen molar-refractivity contribution in [2.24, 2.45) is 0 Å². The highest BCUT2D eigenvalue weighted by atomic mass is 16.5. The number of fused-ring (bicyclic) bond motifs is 1. The zero-order valence-electron chi connectivity index (χ0n) is 9.40. The number of ether oxygens (including phenoxy) is 1. The Kier molecular flexibility index (Phi) is 3.13. The summed E-state index contributed by atoms with van der Waals surface area (Å²) < 4.78 is 5.47. The fraction of sp³-hybridized carbons (Fsp3) is 0.462. The summed E-state index contributed by atoms with van der Waals surface area (Å²) in [5.41, 5.74) is 2.50. The molecule has 16 heavy (non-hydrogen) atoms. The summed E-state index contributed by atoms with van der Waals surface area (Å²) in [7, 11) is 0. The number of hydrogen-bond acceptors (Lipinski definition) is 2. The van der Waals surface area contributed by atoms with E-state index in [1.807, 2.05) is 12.1 Å². The summed E-state index contributed by atoms with van der Waals surface area (Å²) in [6, 6.07) is 5.91. The molecule has 0 saturated heterocycles. The lowest BCUT2D eigenvalue weighted by molar-refractivity contribution is -0.144. The third-order valence-corrected chi connectivity index (χ3v) is 3.00. The minimum Gasteiger partial charge on any atom is -0.479 e. The van der Waals surface area contributed by atoms with Crippen molar-refractivity contribution in [2.45, 2.75) is 38.7 Å². The normalized spacial score (nSPS) is 16.3. The lowest BCUT2D eigenvalue weighted by atomic mass is 9.91. The van der Waals surface area contributed by atoms with E-state index in [0.717, 1.165) is 25.0 Å². The molecule has 2 rings (SSSR count). The quantitative estimate of drug-likeness (QED) is 0.850. The van der Waals surface area contributed by atoms with Crippen LogP contribution in [0.4, 0.5) is 0 Å². The lowest BCUT2D eigenvalue weighted by Crippen LogP contribution is -2.23. The third kappa shape index (κ3) is 2.18. The highest BCUT2D eigenvalue weighted by Crippen LogP contribution is 2.30. The van der Waals surface area contributed by atoms with Crippen LogP contribution in [0.2, 0.25) is 0 Å². The fourth-order valence-corrected chi connectivity index (χ4v) is 2.10. The first kappa shape index (κ1) is 11.0. The molecule has 0 aliphatic heterocycles. The molecule has 0 radical (unpaired) electrons. The third-order valence-electron chi connectivity index (χ3n) is 3.00. The van der Waals surface area contributed by atoms with Crippen LogP contribution in [0.5, 0.6) is 5.75 Å². The monoisotopic (exact) mass is 220 g/mol. The van der Waals surface area contributed by atoms with Gasteiger partial charge in [0.25, 0.3) is 0 Å². The van der Waals surface area contributed by atoms with E-state index < -0.39 is 12.1 Å². The molecule has 0 fully saturated rings. The predicted molar refractivity (Wildman–Crippen MR) is 60.8 cm³/mol. The number of carboxylic acids is 1. The van der Waals surface area contributed by atoms with Gasteiger partial charge in [-0.15, -0.1) is 0 Å². The zero-order valence-corrected chi connectivity index (χ0v) is 9.40. The van der Waals surface area contributed by atoms with E-state index in [1.54, 1.807) is 6.92 Å². The molecular formula is C13H16O3. The highest BCUT2D eigenvalue weighted by Gasteiger charge is 2.18. The highest BCUT2D eigenvalue weighted by molar-refractivity contribution is 5.72. The summed E-state index contributed by atoms with van der Waals surface area (Å²) in [5, 5.41) is 8.82. The Morgan fingerprint density at radius 3 is 2.88 bits per heavy atom. The second kappa shape index (κ2) is 4.56. The average Bonchev–Trinajstić information content (AvgIpc) is 2.29. The summed E-state index contributed by atoms with van der Waals surface area (Å²) >= 11 is 0. The summed E-state index contributed by atoms with van der Waals surface area (Å²) in [6.07, 6.45) is 3.67. The number of carbonyl (C=O) groups is 1. The second-order valence-corrected chi connectivity index (χ2v) is 4.20. The van der Waals surface area contributed by atoms with E-state index >= 15 is 0 Å². The van der Waals surface area contributed by atoms with Crippen molar-refractivity contribution in [3.63, 3.8) is 0 Å². The van der Waals surface area contributed by atoms with Crippen LogP contribution in [0.25, 0.3) is 0 Å².